The van der Waals surface area contributed by atoms with Gasteiger partial charge in [0, 0.05) is 0 Å². The molecule has 0 aromatic carbocycles. The van der Waals surface area contributed by atoms with Gasteiger partial charge in [0.05, 0.1) is 0 Å². The van der Waals surface area contributed by atoms with E-state index < -0.39 is 18.4 Å². The van der Waals surface area contributed by atoms with Gasteiger partial charge < -0.3 is 0 Å². The van der Waals surface area contributed by atoms with Gasteiger partial charge in [-0.3, -0.25) is 0 Å². The molecule has 1 unspecified atom stereocenters. The Balaban J connectivity index is 0. The van der Waals surface area contributed by atoms with Crippen LogP contribution in [0.25, 0.3) is 5.57 Å². The van der Waals surface area contributed by atoms with Crippen molar-refractivity contribution < 1.29 is 0 Å². The monoisotopic (exact) mass is 558 g/mol. The van der Waals surface area contributed by atoms with Gasteiger partial charge in [0.15, 0.2) is 0 Å². The number of thiol groups is 1. The van der Waals surface area contributed by atoms with Crippen molar-refractivity contribution in [1.29, 1.82) is 0 Å². The first-order valence-corrected chi connectivity index (χ1v) is 23.2. The van der Waals surface area contributed by atoms with Gasteiger partial charge in [-0.15, -0.1) is 0 Å². The Morgan fingerprint density at radius 3 is 2.10 bits per heavy atom. The summed E-state index contributed by atoms with van der Waals surface area (Å²) in [6.45, 7) is 21.4. The molecule has 0 aliphatic rings. The molecule has 0 saturated carbocycles. The predicted octanol–water partition coefficient (Wildman–Crippen LogP) is 10.6. The second-order valence-corrected chi connectivity index (χ2v) is 25.4. The number of hydrogen-bond acceptors (Lipinski definition) is 2. The molecule has 0 bridgehead atoms. The minimum absolute atomic E-state index is 0.811. The predicted molar refractivity (Wildman–Crippen MR) is 152 cm³/mol. The fraction of sp³-hybridized carbons (Fsp3) is 0.630. The first kappa shape index (κ1) is 32.2. The molecule has 0 aliphatic carbocycles. The van der Waals surface area contributed by atoms with Crippen LogP contribution in [0, 0.1) is 5.92 Å². The molecule has 0 nitrogen and oxygen atoms in total. The molecule has 0 saturated heterocycles. The summed E-state index contributed by atoms with van der Waals surface area (Å²) < 4.78 is 1.55. The number of rotatable bonds is 10. The Morgan fingerprint density at radius 1 is 1.10 bits per heavy atom. The van der Waals surface area contributed by atoms with Crippen LogP contribution in [0.3, 0.4) is 0 Å². The van der Waals surface area contributed by atoms with Gasteiger partial charge in [-0.05, 0) is 0 Å². The third kappa shape index (κ3) is 12.2. The molecule has 3 heteroatoms. The van der Waals surface area contributed by atoms with Crippen LogP contribution >= 0.6 is 24.0 Å². The average Bonchev–Trinajstić information content (AvgIpc) is 3.15. The van der Waals surface area contributed by atoms with Crippen LogP contribution in [0.15, 0.2) is 38.9 Å². The largest absolute Gasteiger partial charge is 0.0683 e. The zero-order chi connectivity index (χ0) is 23.9. The Bertz CT molecular complexity index is 653. The third-order valence-electron chi connectivity index (χ3n) is 5.20. The van der Waals surface area contributed by atoms with Gasteiger partial charge in [0.25, 0.3) is 0 Å². The second-order valence-electron chi connectivity index (χ2n) is 8.45. The molecule has 0 amide bonds. The van der Waals surface area contributed by atoms with Crippen molar-refractivity contribution in [2.75, 3.05) is 0 Å². The summed E-state index contributed by atoms with van der Waals surface area (Å²) in [5, 5.41) is 0. The van der Waals surface area contributed by atoms with Crippen molar-refractivity contribution >= 4 is 47.9 Å². The van der Waals surface area contributed by atoms with E-state index in [1.54, 1.807) is 3.59 Å². The van der Waals surface area contributed by atoms with Gasteiger partial charge in [-0.1, -0.05) is 34.6 Å². The molecule has 174 valence electrons. The summed E-state index contributed by atoms with van der Waals surface area (Å²) in [5.41, 5.74) is 2.34. The van der Waals surface area contributed by atoms with Crippen LogP contribution in [0.4, 0.5) is 0 Å². The molecule has 1 aromatic rings. The van der Waals surface area contributed by atoms with E-state index in [0.717, 1.165) is 16.4 Å². The van der Waals surface area contributed by atoms with E-state index in [4.69, 9.17) is 12.6 Å². The molecule has 0 N–H and O–H groups in total. The van der Waals surface area contributed by atoms with Crippen LogP contribution < -0.4 is 0 Å². The smallest absolute Gasteiger partial charge is 0.0683 e. The van der Waals surface area contributed by atoms with Gasteiger partial charge in [-0.2, -0.15) is 0 Å². The number of hydrogen-bond donors (Lipinski definition) is 1. The van der Waals surface area contributed by atoms with Crippen molar-refractivity contribution in [2.24, 2.45) is 5.92 Å². The normalized spacial score (nSPS) is 13.4. The van der Waals surface area contributed by atoms with Crippen LogP contribution in [-0.4, -0.2) is 18.4 Å². The van der Waals surface area contributed by atoms with E-state index >= 15 is 0 Å². The fourth-order valence-corrected chi connectivity index (χ4v) is 6.30. The molecule has 1 heterocycles. The Kier molecular flexibility index (Phi) is 18.9. The van der Waals surface area contributed by atoms with Gasteiger partial charge in [-0.25, -0.2) is 0 Å². The Labute approximate surface area is 203 Å². The third-order valence-corrected chi connectivity index (χ3v) is 13.7. The quantitative estimate of drug-likeness (QED) is 0.165. The summed E-state index contributed by atoms with van der Waals surface area (Å²) in [6, 6.07) is 4.59. The van der Waals surface area contributed by atoms with E-state index in [1.165, 1.54) is 47.4 Å². The van der Waals surface area contributed by atoms with Crippen molar-refractivity contribution in [3.63, 3.8) is 0 Å². The zero-order valence-electron chi connectivity index (χ0n) is 21.9. The van der Waals surface area contributed by atoms with Gasteiger partial charge in [0.1, 0.15) is 0 Å². The average molecular weight is 558 g/mol. The molecule has 1 aromatic heterocycles. The summed E-state index contributed by atoms with van der Waals surface area (Å²) in [4.78, 5) is 11.2. The van der Waals surface area contributed by atoms with Gasteiger partial charge in [0.2, 0.25) is 0 Å². The van der Waals surface area contributed by atoms with Crippen molar-refractivity contribution in [2.45, 2.75) is 102 Å². The topological polar surface area (TPSA) is 0 Å². The van der Waals surface area contributed by atoms with Crippen LogP contribution in [0.1, 0.15) is 90.8 Å². The van der Waals surface area contributed by atoms with Crippen LogP contribution in [0.2, 0.25) is 14.8 Å². The fourth-order valence-electron chi connectivity index (χ4n) is 2.97. The molecule has 30 heavy (non-hydrogen) atoms. The standard InChI is InChI=1S/C20H29S2.2C2H6.3CH3.Sn/c1-6-9-11-17(8-3)14-18-12-13-19(22-18)20(16(5)21)15(4)10-7-2;2*1-2;;;;/h10,12-13,17,21H,4,6,8-9,11,14H2,1-3,5H3;2*1-2H3;3*1H3;/b10-7?,20-16-;;;;;;. The van der Waals surface area contributed by atoms with E-state index in [2.05, 4.69) is 67.3 Å². The molecular weight excluding hydrogens is 507 g/mol. The van der Waals surface area contributed by atoms with Crippen LogP contribution in [-0.2, 0) is 6.42 Å². The molecule has 0 aliphatic heterocycles. The zero-order valence-corrected chi connectivity index (χ0v) is 26.5. The van der Waals surface area contributed by atoms with Crippen molar-refractivity contribution in [3.05, 3.63) is 48.6 Å². The van der Waals surface area contributed by atoms with Gasteiger partial charge >= 0.3 is 170 Å². The Hall–Kier alpha value is 0.0687. The molecule has 1 atom stereocenters. The molecule has 1 rings (SSSR count). The molecular formula is C27H50S2Sn. The maximum absolute atomic E-state index is 4.70. The van der Waals surface area contributed by atoms with E-state index in [9.17, 15) is 0 Å². The summed E-state index contributed by atoms with van der Waals surface area (Å²) in [7, 11) is 0. The number of unbranched alkanes of at least 4 members (excludes halogenated alkanes) is 1. The maximum atomic E-state index is 4.70. The first-order chi connectivity index (χ1) is 14.1. The number of allylic oxidation sites excluding steroid dienone is 5. The van der Waals surface area contributed by atoms with E-state index in [0.29, 0.717) is 0 Å². The maximum Gasteiger partial charge on any atom is -0.0683 e. The number of thiophene rings is 1. The summed E-state index contributed by atoms with van der Waals surface area (Å²) in [6.07, 6.45) is 8.79. The van der Waals surface area contributed by atoms with E-state index in [-0.39, 0.29) is 0 Å². The van der Waals surface area contributed by atoms with Crippen molar-refractivity contribution in [3.8, 4) is 0 Å². The van der Waals surface area contributed by atoms with Crippen LogP contribution in [0.5, 0.6) is 0 Å². The summed E-state index contributed by atoms with van der Waals surface area (Å²) in [5.74, 6) is 0.811. The van der Waals surface area contributed by atoms with E-state index in [1.807, 2.05) is 39.0 Å². The molecule has 0 spiro atoms. The van der Waals surface area contributed by atoms with Crippen molar-refractivity contribution in [1.82, 2.24) is 0 Å². The minimum Gasteiger partial charge on any atom is -0.0683 e. The molecule has 0 fully saturated rings. The minimum atomic E-state index is -2.02. The Morgan fingerprint density at radius 2 is 1.67 bits per heavy atom. The SMILES string of the molecule is C=C(/C=[C](\C)[Sn]([CH3])([CH3])[CH3])/C(=C(\C)S)c1ccc(CC(CC)CCCC)s1.CC.CC. The summed E-state index contributed by atoms with van der Waals surface area (Å²) >= 11 is 4.60. The first-order valence-electron chi connectivity index (χ1n) is 12.0. The molecule has 0 radical (unpaired) electrons. The second kappa shape index (κ2) is 17.6.